The number of piperidine rings is 1. The maximum atomic E-state index is 4.46. The number of rotatable bonds is 2. The Hall–Kier alpha value is -0.410. The van der Waals surface area contributed by atoms with Crippen molar-refractivity contribution in [1.29, 1.82) is 0 Å². The molecule has 0 bridgehead atoms. The highest BCUT2D eigenvalue weighted by Crippen LogP contribution is 2.32. The summed E-state index contributed by atoms with van der Waals surface area (Å²) in [5, 5.41) is 3.48. The number of aromatic nitrogens is 1. The van der Waals surface area contributed by atoms with E-state index in [-0.39, 0.29) is 0 Å². The van der Waals surface area contributed by atoms with Gasteiger partial charge in [0.05, 0.1) is 5.01 Å². The van der Waals surface area contributed by atoms with E-state index < -0.39 is 0 Å². The third kappa shape index (κ3) is 2.16. The van der Waals surface area contributed by atoms with Crippen LogP contribution in [0.4, 0.5) is 0 Å². The maximum Gasteiger partial charge on any atom is 0.0956 e. The minimum Gasteiger partial charge on any atom is -0.300 e. The first-order valence-electron chi connectivity index (χ1n) is 6.57. The van der Waals surface area contributed by atoms with Crippen LogP contribution in [0.2, 0.25) is 0 Å². The molecule has 2 aliphatic rings. The molecule has 0 amide bonds. The van der Waals surface area contributed by atoms with Crippen molar-refractivity contribution in [1.82, 2.24) is 9.88 Å². The largest absolute Gasteiger partial charge is 0.300 e. The minimum atomic E-state index is 0.748. The highest BCUT2D eigenvalue weighted by atomic mass is 32.1. The Balaban J connectivity index is 1.55. The van der Waals surface area contributed by atoms with Crippen LogP contribution >= 0.6 is 11.3 Å². The van der Waals surface area contributed by atoms with Gasteiger partial charge in [-0.15, -0.1) is 11.3 Å². The second-order valence-electron chi connectivity index (χ2n) is 5.12. The second kappa shape index (κ2) is 4.84. The summed E-state index contributed by atoms with van der Waals surface area (Å²) in [5.41, 5.74) is 0. The lowest BCUT2D eigenvalue weighted by Gasteiger charge is -2.35. The third-order valence-corrected chi connectivity index (χ3v) is 5.11. The summed E-state index contributed by atoms with van der Waals surface area (Å²) in [6.07, 6.45) is 10.4. The van der Waals surface area contributed by atoms with Crippen LogP contribution in [0, 0.1) is 0 Å². The molecule has 0 spiro atoms. The van der Waals surface area contributed by atoms with E-state index in [1.165, 1.54) is 56.6 Å². The van der Waals surface area contributed by atoms with Gasteiger partial charge in [0.25, 0.3) is 0 Å². The molecular formula is C13H20N2S. The summed E-state index contributed by atoms with van der Waals surface area (Å²) in [5.74, 6) is 0.748. The fourth-order valence-electron chi connectivity index (χ4n) is 3.22. The standard InChI is InChI=1S/C13H20N2S/c1-2-4-12(3-1)15-8-5-11(6-9-15)13-14-7-10-16-13/h7,10-12H,1-6,8-9H2. The van der Waals surface area contributed by atoms with Crippen LogP contribution in [-0.4, -0.2) is 29.0 Å². The van der Waals surface area contributed by atoms with Gasteiger partial charge < -0.3 is 4.90 Å². The van der Waals surface area contributed by atoms with E-state index in [2.05, 4.69) is 15.3 Å². The molecule has 16 heavy (non-hydrogen) atoms. The fraction of sp³-hybridized carbons (Fsp3) is 0.769. The van der Waals surface area contributed by atoms with Crippen LogP contribution in [0.15, 0.2) is 11.6 Å². The van der Waals surface area contributed by atoms with Gasteiger partial charge in [-0.25, -0.2) is 4.98 Å². The van der Waals surface area contributed by atoms with Crippen LogP contribution in [-0.2, 0) is 0 Å². The van der Waals surface area contributed by atoms with E-state index in [0.717, 1.165) is 12.0 Å². The quantitative estimate of drug-likeness (QED) is 0.783. The van der Waals surface area contributed by atoms with Gasteiger partial charge in [0.2, 0.25) is 0 Å². The first kappa shape index (κ1) is 10.7. The molecule has 1 saturated heterocycles. The SMILES string of the molecule is c1csc(C2CCN(C3CCCC3)CC2)n1. The summed E-state index contributed by atoms with van der Waals surface area (Å²) < 4.78 is 0. The van der Waals surface area contributed by atoms with Crippen molar-refractivity contribution in [3.05, 3.63) is 16.6 Å². The number of thiazole rings is 1. The lowest BCUT2D eigenvalue weighted by atomic mass is 9.96. The molecule has 3 heteroatoms. The fourth-order valence-corrected chi connectivity index (χ4v) is 4.03. The van der Waals surface area contributed by atoms with Crippen molar-refractivity contribution >= 4 is 11.3 Å². The molecule has 3 rings (SSSR count). The van der Waals surface area contributed by atoms with E-state index >= 15 is 0 Å². The lowest BCUT2D eigenvalue weighted by Crippen LogP contribution is -2.39. The van der Waals surface area contributed by atoms with Crippen molar-refractivity contribution in [2.24, 2.45) is 0 Å². The summed E-state index contributed by atoms with van der Waals surface area (Å²) in [4.78, 5) is 7.20. The molecule has 2 heterocycles. The number of nitrogens with zero attached hydrogens (tertiary/aromatic N) is 2. The molecule has 0 radical (unpaired) electrons. The van der Waals surface area contributed by atoms with E-state index in [0.29, 0.717) is 0 Å². The van der Waals surface area contributed by atoms with Crippen molar-refractivity contribution in [2.45, 2.75) is 50.5 Å². The smallest absolute Gasteiger partial charge is 0.0956 e. The average Bonchev–Trinajstić information content (AvgIpc) is 3.03. The molecule has 0 unspecified atom stereocenters. The average molecular weight is 236 g/mol. The summed E-state index contributed by atoms with van der Waals surface area (Å²) in [6, 6.07) is 0.914. The van der Waals surface area contributed by atoms with Gasteiger partial charge >= 0.3 is 0 Å². The highest BCUT2D eigenvalue weighted by molar-refractivity contribution is 7.09. The van der Waals surface area contributed by atoms with E-state index in [9.17, 15) is 0 Å². The number of hydrogen-bond acceptors (Lipinski definition) is 3. The Bertz CT molecular complexity index is 309. The molecular weight excluding hydrogens is 216 g/mol. The van der Waals surface area contributed by atoms with Crippen LogP contribution in [0.25, 0.3) is 0 Å². The van der Waals surface area contributed by atoms with Gasteiger partial charge in [-0.05, 0) is 38.8 Å². The van der Waals surface area contributed by atoms with Gasteiger partial charge in [-0.2, -0.15) is 0 Å². The third-order valence-electron chi connectivity index (χ3n) is 4.17. The number of likely N-dealkylation sites (tertiary alicyclic amines) is 1. The van der Waals surface area contributed by atoms with Crippen LogP contribution in [0.3, 0.4) is 0 Å². The molecule has 1 aliphatic carbocycles. The Morgan fingerprint density at radius 1 is 1.12 bits per heavy atom. The van der Waals surface area contributed by atoms with Crippen molar-refractivity contribution < 1.29 is 0 Å². The number of hydrogen-bond donors (Lipinski definition) is 0. The summed E-state index contributed by atoms with van der Waals surface area (Å²) >= 11 is 1.83. The van der Waals surface area contributed by atoms with E-state index in [1.807, 2.05) is 17.5 Å². The van der Waals surface area contributed by atoms with Gasteiger partial charge in [-0.1, -0.05) is 12.8 Å². The molecule has 0 atom stereocenters. The molecule has 88 valence electrons. The molecule has 0 aromatic carbocycles. The normalized spacial score (nSPS) is 25.2. The minimum absolute atomic E-state index is 0.748. The molecule has 1 saturated carbocycles. The van der Waals surface area contributed by atoms with E-state index in [1.54, 1.807) is 0 Å². The highest BCUT2D eigenvalue weighted by Gasteiger charge is 2.28. The predicted octanol–water partition coefficient (Wildman–Crippen LogP) is 3.27. The van der Waals surface area contributed by atoms with Crippen LogP contribution in [0.5, 0.6) is 0 Å². The molecule has 2 nitrogen and oxygen atoms in total. The molecule has 1 aromatic heterocycles. The lowest BCUT2D eigenvalue weighted by molar-refractivity contribution is 0.154. The Labute approximate surface area is 102 Å². The Morgan fingerprint density at radius 3 is 2.50 bits per heavy atom. The van der Waals surface area contributed by atoms with E-state index in [4.69, 9.17) is 0 Å². The van der Waals surface area contributed by atoms with Gasteiger partial charge in [0.1, 0.15) is 0 Å². The molecule has 0 N–H and O–H groups in total. The first-order valence-corrected chi connectivity index (χ1v) is 7.45. The predicted molar refractivity (Wildman–Crippen MR) is 67.9 cm³/mol. The first-order chi connectivity index (χ1) is 7.93. The zero-order chi connectivity index (χ0) is 10.8. The van der Waals surface area contributed by atoms with Crippen LogP contribution in [0.1, 0.15) is 49.5 Å². The summed E-state index contributed by atoms with van der Waals surface area (Å²) in [7, 11) is 0. The Morgan fingerprint density at radius 2 is 1.88 bits per heavy atom. The molecule has 2 fully saturated rings. The topological polar surface area (TPSA) is 16.1 Å². The molecule has 1 aliphatic heterocycles. The Kier molecular flexibility index (Phi) is 3.25. The molecule has 1 aromatic rings. The van der Waals surface area contributed by atoms with Crippen molar-refractivity contribution in [3.63, 3.8) is 0 Å². The second-order valence-corrected chi connectivity index (χ2v) is 6.05. The zero-order valence-electron chi connectivity index (χ0n) is 9.77. The van der Waals surface area contributed by atoms with Gasteiger partial charge in [0.15, 0.2) is 0 Å². The van der Waals surface area contributed by atoms with Crippen molar-refractivity contribution in [3.8, 4) is 0 Å². The summed E-state index contributed by atoms with van der Waals surface area (Å²) in [6.45, 7) is 2.60. The van der Waals surface area contributed by atoms with Crippen LogP contribution < -0.4 is 0 Å². The van der Waals surface area contributed by atoms with Gasteiger partial charge in [0, 0.05) is 23.5 Å². The maximum absolute atomic E-state index is 4.46. The zero-order valence-corrected chi connectivity index (χ0v) is 10.6. The van der Waals surface area contributed by atoms with Crippen molar-refractivity contribution in [2.75, 3.05) is 13.1 Å². The van der Waals surface area contributed by atoms with Gasteiger partial charge in [-0.3, -0.25) is 0 Å². The monoisotopic (exact) mass is 236 g/mol.